The number of nitrogens with zero attached hydrogens (tertiary/aromatic N) is 2. The summed E-state index contributed by atoms with van der Waals surface area (Å²) in [6.07, 6.45) is 3.44. The van der Waals surface area contributed by atoms with E-state index < -0.39 is 10.0 Å². The summed E-state index contributed by atoms with van der Waals surface area (Å²) < 4.78 is 29.4. The second kappa shape index (κ2) is 6.29. The number of thiophene rings is 1. The van der Waals surface area contributed by atoms with Crippen LogP contribution in [0.4, 0.5) is 0 Å². The topological polar surface area (TPSA) is 64.0 Å². The molecule has 0 bridgehead atoms. The van der Waals surface area contributed by atoms with Crippen molar-refractivity contribution >= 4 is 21.4 Å². The van der Waals surface area contributed by atoms with Gasteiger partial charge in [-0.15, -0.1) is 11.3 Å². The molecule has 0 aliphatic rings. The number of nitrogens with one attached hydrogen (secondary N) is 1. The van der Waals surface area contributed by atoms with E-state index in [0.717, 1.165) is 22.0 Å². The Balaban J connectivity index is 2.12. The lowest BCUT2D eigenvalue weighted by Crippen LogP contribution is -2.25. The Hall–Kier alpha value is -1.18. The van der Waals surface area contributed by atoms with E-state index in [1.165, 1.54) is 11.3 Å². The molecule has 0 atom stereocenters. The van der Waals surface area contributed by atoms with Gasteiger partial charge < -0.3 is 4.57 Å². The Bertz CT molecular complexity index is 714. The van der Waals surface area contributed by atoms with Gasteiger partial charge in [0.1, 0.15) is 0 Å². The number of hydrogen-bond donors (Lipinski definition) is 1. The monoisotopic (exact) mass is 327 g/mol. The summed E-state index contributed by atoms with van der Waals surface area (Å²) in [7, 11) is -3.47. The van der Waals surface area contributed by atoms with Gasteiger partial charge in [0.15, 0.2) is 0 Å². The van der Waals surface area contributed by atoms with Crippen LogP contribution in [0.5, 0.6) is 0 Å². The molecular weight excluding hydrogens is 306 g/mol. The van der Waals surface area contributed by atoms with Crippen molar-refractivity contribution in [3.8, 4) is 0 Å². The molecule has 2 aromatic heterocycles. The van der Waals surface area contributed by atoms with E-state index in [9.17, 15) is 8.42 Å². The van der Waals surface area contributed by atoms with Crippen molar-refractivity contribution in [1.82, 2.24) is 14.3 Å². The summed E-state index contributed by atoms with van der Waals surface area (Å²) in [6.45, 7) is 9.05. The largest absolute Gasteiger partial charge is 0.333 e. The molecule has 5 nitrogen and oxygen atoms in total. The third-order valence-electron chi connectivity index (χ3n) is 3.09. The van der Waals surface area contributed by atoms with Crippen LogP contribution in [0.3, 0.4) is 0 Å². The first-order valence-electron chi connectivity index (χ1n) is 6.85. The standard InChI is InChI=1S/C14H21N3O2S2/c1-10(2)8-17-9-15-6-13(17)7-16-21(18,19)14-5-11(3)20-12(14)4/h5-6,9-10,16H,7-8H2,1-4H3. The molecule has 0 aliphatic heterocycles. The SMILES string of the molecule is Cc1cc(S(=O)(=O)NCc2cncn2CC(C)C)c(C)s1. The second-order valence-corrected chi connectivity index (χ2v) is 8.73. The Labute approximate surface area is 130 Å². The van der Waals surface area contributed by atoms with Gasteiger partial charge in [-0.25, -0.2) is 18.1 Å². The molecule has 2 rings (SSSR count). The van der Waals surface area contributed by atoms with Crippen molar-refractivity contribution < 1.29 is 8.42 Å². The van der Waals surface area contributed by atoms with E-state index in [-0.39, 0.29) is 6.54 Å². The number of sulfonamides is 1. The number of aromatic nitrogens is 2. The first-order chi connectivity index (χ1) is 9.79. The number of rotatable bonds is 6. The first kappa shape index (κ1) is 16.2. The van der Waals surface area contributed by atoms with Crippen LogP contribution in [0, 0.1) is 19.8 Å². The molecule has 0 fully saturated rings. The lowest BCUT2D eigenvalue weighted by molar-refractivity contribution is 0.506. The van der Waals surface area contributed by atoms with Crippen LogP contribution in [-0.4, -0.2) is 18.0 Å². The lowest BCUT2D eigenvalue weighted by atomic mass is 10.2. The van der Waals surface area contributed by atoms with Crippen molar-refractivity contribution in [2.24, 2.45) is 5.92 Å². The average Bonchev–Trinajstić information content (AvgIpc) is 2.93. The molecule has 1 N–H and O–H groups in total. The molecule has 0 saturated heterocycles. The van der Waals surface area contributed by atoms with E-state index >= 15 is 0 Å². The van der Waals surface area contributed by atoms with E-state index in [4.69, 9.17) is 0 Å². The highest BCUT2D eigenvalue weighted by molar-refractivity contribution is 7.89. The van der Waals surface area contributed by atoms with Gasteiger partial charge in [-0.05, 0) is 25.8 Å². The summed E-state index contributed by atoms with van der Waals surface area (Å²) in [5.41, 5.74) is 0.872. The van der Waals surface area contributed by atoms with Crippen LogP contribution in [0.25, 0.3) is 0 Å². The van der Waals surface area contributed by atoms with Crippen LogP contribution >= 0.6 is 11.3 Å². The van der Waals surface area contributed by atoms with Crippen LogP contribution in [0.15, 0.2) is 23.5 Å². The fraction of sp³-hybridized carbons (Fsp3) is 0.500. The van der Waals surface area contributed by atoms with Gasteiger partial charge in [-0.2, -0.15) is 0 Å². The molecule has 0 amide bonds. The Morgan fingerprint density at radius 1 is 1.38 bits per heavy atom. The van der Waals surface area contributed by atoms with Gasteiger partial charge >= 0.3 is 0 Å². The second-order valence-electron chi connectivity index (χ2n) is 5.53. The zero-order valence-electron chi connectivity index (χ0n) is 12.8. The highest BCUT2D eigenvalue weighted by Gasteiger charge is 2.19. The van der Waals surface area contributed by atoms with Gasteiger partial charge in [0, 0.05) is 22.5 Å². The minimum Gasteiger partial charge on any atom is -0.333 e. The number of hydrogen-bond acceptors (Lipinski definition) is 4. The van der Waals surface area contributed by atoms with Crippen molar-refractivity contribution in [1.29, 1.82) is 0 Å². The summed E-state index contributed by atoms with van der Waals surface area (Å²) in [5, 5.41) is 0. The van der Waals surface area contributed by atoms with Crippen LogP contribution in [-0.2, 0) is 23.1 Å². The zero-order valence-corrected chi connectivity index (χ0v) is 14.4. The summed E-state index contributed by atoms with van der Waals surface area (Å²) >= 11 is 1.49. The molecule has 0 radical (unpaired) electrons. The smallest absolute Gasteiger partial charge is 0.242 e. The van der Waals surface area contributed by atoms with Gasteiger partial charge in [-0.1, -0.05) is 13.8 Å². The molecule has 2 heterocycles. The van der Waals surface area contributed by atoms with Gasteiger partial charge in [0.05, 0.1) is 23.5 Å². The fourth-order valence-electron chi connectivity index (χ4n) is 2.17. The first-order valence-corrected chi connectivity index (χ1v) is 9.15. The van der Waals surface area contributed by atoms with Crippen LogP contribution in [0.1, 0.15) is 29.3 Å². The molecule has 0 unspecified atom stereocenters. The molecule has 0 aliphatic carbocycles. The average molecular weight is 327 g/mol. The van der Waals surface area contributed by atoms with Crippen LogP contribution in [0.2, 0.25) is 0 Å². The molecule has 116 valence electrons. The lowest BCUT2D eigenvalue weighted by Gasteiger charge is -2.11. The normalized spacial score (nSPS) is 12.2. The minimum atomic E-state index is -3.47. The molecule has 0 saturated carbocycles. The highest BCUT2D eigenvalue weighted by atomic mass is 32.2. The fourth-order valence-corrected chi connectivity index (χ4v) is 4.73. The molecule has 2 aromatic rings. The molecular formula is C14H21N3O2S2. The summed E-state index contributed by atoms with van der Waals surface area (Å²) in [5.74, 6) is 0.483. The maximum absolute atomic E-state index is 12.4. The minimum absolute atomic E-state index is 0.253. The van der Waals surface area contributed by atoms with E-state index in [0.29, 0.717) is 10.8 Å². The maximum Gasteiger partial charge on any atom is 0.242 e. The molecule has 7 heteroatoms. The third-order valence-corrected chi connectivity index (χ3v) is 5.71. The third kappa shape index (κ3) is 3.93. The Morgan fingerprint density at radius 3 is 2.67 bits per heavy atom. The van der Waals surface area contributed by atoms with Crippen LogP contribution < -0.4 is 4.72 Å². The summed E-state index contributed by atoms with van der Waals surface area (Å²) in [4.78, 5) is 6.29. The van der Waals surface area contributed by atoms with E-state index in [2.05, 4.69) is 23.6 Å². The van der Waals surface area contributed by atoms with Crippen molar-refractivity contribution in [3.05, 3.63) is 34.0 Å². The van der Waals surface area contributed by atoms with Crippen molar-refractivity contribution in [3.63, 3.8) is 0 Å². The molecule has 0 aromatic carbocycles. The molecule has 21 heavy (non-hydrogen) atoms. The predicted molar refractivity (Wildman–Crippen MR) is 84.9 cm³/mol. The Morgan fingerprint density at radius 2 is 2.10 bits per heavy atom. The quantitative estimate of drug-likeness (QED) is 0.887. The van der Waals surface area contributed by atoms with Crippen molar-refractivity contribution in [2.75, 3.05) is 0 Å². The van der Waals surface area contributed by atoms with E-state index in [1.54, 1.807) is 18.6 Å². The van der Waals surface area contributed by atoms with Gasteiger partial charge in [0.2, 0.25) is 10.0 Å². The highest BCUT2D eigenvalue weighted by Crippen LogP contribution is 2.24. The van der Waals surface area contributed by atoms with E-state index in [1.807, 2.05) is 18.4 Å². The Kier molecular flexibility index (Phi) is 4.85. The zero-order chi connectivity index (χ0) is 15.6. The number of aryl methyl sites for hydroxylation is 2. The predicted octanol–water partition coefficient (Wildman–Crippen LogP) is 2.70. The van der Waals surface area contributed by atoms with Crippen molar-refractivity contribution in [2.45, 2.75) is 45.7 Å². The van der Waals surface area contributed by atoms with Gasteiger partial charge in [-0.3, -0.25) is 0 Å². The van der Waals surface area contributed by atoms with Gasteiger partial charge in [0.25, 0.3) is 0 Å². The summed E-state index contributed by atoms with van der Waals surface area (Å²) in [6, 6.07) is 1.72. The maximum atomic E-state index is 12.4. The number of imidazole rings is 1. The molecule has 0 spiro atoms.